The quantitative estimate of drug-likeness (QED) is 0.337. The molecule has 2 amide bonds. The van der Waals surface area contributed by atoms with Gasteiger partial charge in [0.05, 0.1) is 17.7 Å². The third kappa shape index (κ3) is 7.52. The number of hydrogen-bond acceptors (Lipinski definition) is 5. The van der Waals surface area contributed by atoms with Gasteiger partial charge in [0.1, 0.15) is 18.3 Å². The molecule has 39 heavy (non-hydrogen) atoms. The highest BCUT2D eigenvalue weighted by Gasteiger charge is 2.32. The predicted octanol–water partition coefficient (Wildman–Crippen LogP) is 4.80. The average Bonchev–Trinajstić information content (AvgIpc) is 2.94. The van der Waals surface area contributed by atoms with Crippen molar-refractivity contribution in [3.05, 3.63) is 88.9 Å². The summed E-state index contributed by atoms with van der Waals surface area (Å²) in [5, 5.41) is 3.26. The molecule has 10 heteroatoms. The maximum absolute atomic E-state index is 13.9. The molecule has 0 heterocycles. The Morgan fingerprint density at radius 3 is 2.23 bits per heavy atom. The molecule has 0 spiro atoms. The van der Waals surface area contributed by atoms with Crippen LogP contribution in [-0.4, -0.2) is 51.4 Å². The Bertz CT molecular complexity index is 1380. The third-order valence-electron chi connectivity index (χ3n) is 6.36. The highest BCUT2D eigenvalue weighted by Crippen LogP contribution is 2.27. The van der Waals surface area contributed by atoms with Crippen LogP contribution >= 0.6 is 11.6 Å². The van der Waals surface area contributed by atoms with Gasteiger partial charge in [0.2, 0.25) is 11.8 Å². The van der Waals surface area contributed by atoms with Gasteiger partial charge in [0, 0.05) is 18.1 Å². The summed E-state index contributed by atoms with van der Waals surface area (Å²) >= 11 is 6.06. The highest BCUT2D eigenvalue weighted by atomic mass is 35.5. The summed E-state index contributed by atoms with van der Waals surface area (Å²) in [7, 11) is -2.69. The van der Waals surface area contributed by atoms with Gasteiger partial charge in [0.25, 0.3) is 10.0 Å². The monoisotopic (exact) mass is 571 g/mol. The zero-order valence-electron chi connectivity index (χ0n) is 22.6. The van der Waals surface area contributed by atoms with E-state index in [1.54, 1.807) is 43.3 Å². The number of halogens is 1. The summed E-state index contributed by atoms with van der Waals surface area (Å²) in [6.45, 7) is 5.60. The molecule has 8 nitrogen and oxygen atoms in total. The van der Waals surface area contributed by atoms with E-state index in [9.17, 15) is 18.0 Å². The second-order valence-electron chi connectivity index (χ2n) is 9.08. The van der Waals surface area contributed by atoms with Crippen LogP contribution < -0.4 is 14.4 Å². The average molecular weight is 572 g/mol. The van der Waals surface area contributed by atoms with E-state index >= 15 is 0 Å². The highest BCUT2D eigenvalue weighted by molar-refractivity contribution is 7.92. The van der Waals surface area contributed by atoms with Gasteiger partial charge in [-0.1, -0.05) is 42.8 Å². The Morgan fingerprint density at radius 1 is 1.00 bits per heavy atom. The first-order valence-electron chi connectivity index (χ1n) is 12.6. The zero-order chi connectivity index (χ0) is 28.6. The van der Waals surface area contributed by atoms with Crippen molar-refractivity contribution in [3.63, 3.8) is 0 Å². The molecular formula is C29H34ClN3O5S. The van der Waals surface area contributed by atoms with Gasteiger partial charge in [0.15, 0.2) is 0 Å². The second-order valence-corrected chi connectivity index (χ2v) is 11.4. The number of nitrogens with zero attached hydrogens (tertiary/aromatic N) is 2. The molecule has 3 aromatic rings. The Morgan fingerprint density at radius 2 is 1.64 bits per heavy atom. The van der Waals surface area contributed by atoms with Crippen molar-refractivity contribution >= 4 is 39.1 Å². The number of methoxy groups -OCH3 is 1. The van der Waals surface area contributed by atoms with Gasteiger partial charge in [-0.2, -0.15) is 0 Å². The number of carbonyl (C=O) groups is 2. The van der Waals surface area contributed by atoms with Crippen LogP contribution in [0.3, 0.4) is 0 Å². The largest absolute Gasteiger partial charge is 0.497 e. The minimum atomic E-state index is -4.18. The van der Waals surface area contributed by atoms with Gasteiger partial charge in [-0.15, -0.1) is 0 Å². The van der Waals surface area contributed by atoms with Crippen LogP contribution in [0.25, 0.3) is 0 Å². The van der Waals surface area contributed by atoms with E-state index < -0.39 is 28.5 Å². The lowest BCUT2D eigenvalue weighted by atomic mass is 10.1. The summed E-state index contributed by atoms with van der Waals surface area (Å²) in [4.78, 5) is 28.2. The fraction of sp³-hybridized carbons (Fsp3) is 0.310. The van der Waals surface area contributed by atoms with Gasteiger partial charge in [-0.05, 0) is 79.9 Å². The number of ether oxygens (including phenoxy) is 1. The summed E-state index contributed by atoms with van der Waals surface area (Å²) in [5.74, 6) is -0.335. The van der Waals surface area contributed by atoms with Crippen molar-refractivity contribution in [3.8, 4) is 5.75 Å². The molecule has 0 fully saturated rings. The number of anilines is 1. The number of sulfonamides is 1. The number of hydrogen-bond donors (Lipinski definition) is 1. The van der Waals surface area contributed by atoms with Crippen molar-refractivity contribution in [2.24, 2.45) is 0 Å². The second kappa shape index (κ2) is 13.5. The summed E-state index contributed by atoms with van der Waals surface area (Å²) in [5.41, 5.74) is 2.08. The normalized spacial score (nSPS) is 11.9. The Balaban J connectivity index is 2.02. The molecule has 0 aromatic heterocycles. The molecule has 3 rings (SSSR count). The van der Waals surface area contributed by atoms with Crippen LogP contribution in [0.4, 0.5) is 5.69 Å². The molecule has 0 aliphatic rings. The predicted molar refractivity (Wildman–Crippen MR) is 153 cm³/mol. The van der Waals surface area contributed by atoms with E-state index in [2.05, 4.69) is 5.32 Å². The first-order valence-corrected chi connectivity index (χ1v) is 14.4. The fourth-order valence-corrected chi connectivity index (χ4v) is 5.50. The minimum Gasteiger partial charge on any atom is -0.497 e. The van der Waals surface area contributed by atoms with Crippen LogP contribution in [0, 0.1) is 6.92 Å². The number of carbonyl (C=O) groups excluding carboxylic acids is 2. The van der Waals surface area contributed by atoms with Crippen molar-refractivity contribution in [2.45, 2.75) is 44.7 Å². The molecule has 1 N–H and O–H groups in total. The SMILES string of the molecule is CCCNC(=O)[C@@H](C)N(Cc1ccccc1C)C(=O)CN(c1ccc(Cl)cc1)S(=O)(=O)c1ccc(OC)cc1. The van der Waals surface area contributed by atoms with E-state index in [0.29, 0.717) is 17.3 Å². The van der Waals surface area contributed by atoms with Gasteiger partial charge in [-0.3, -0.25) is 13.9 Å². The molecule has 3 aromatic carbocycles. The maximum Gasteiger partial charge on any atom is 0.264 e. The first-order chi connectivity index (χ1) is 18.6. The fourth-order valence-electron chi connectivity index (χ4n) is 3.96. The summed E-state index contributed by atoms with van der Waals surface area (Å²) < 4.78 is 33.9. The van der Waals surface area contributed by atoms with Crippen LogP contribution in [0.5, 0.6) is 5.75 Å². The standard InChI is InChI=1S/C29H34ClN3O5S/c1-5-18-31-29(35)22(3)32(19-23-9-7-6-8-21(23)2)28(34)20-33(25-12-10-24(30)11-13-25)39(36,37)27-16-14-26(38-4)15-17-27/h6-17,22H,5,18-20H2,1-4H3,(H,31,35)/t22-/m1/s1. The Labute approximate surface area is 235 Å². The van der Waals surface area contributed by atoms with Crippen molar-refractivity contribution < 1.29 is 22.7 Å². The number of amides is 2. The molecule has 0 unspecified atom stereocenters. The van der Waals surface area contributed by atoms with Crippen molar-refractivity contribution in [1.29, 1.82) is 0 Å². The van der Waals surface area contributed by atoms with Gasteiger partial charge in [-0.25, -0.2) is 8.42 Å². The molecule has 1 atom stereocenters. The number of benzene rings is 3. The number of nitrogens with one attached hydrogen (secondary N) is 1. The van der Waals surface area contributed by atoms with Gasteiger partial charge >= 0.3 is 0 Å². The molecular weight excluding hydrogens is 538 g/mol. The van der Waals surface area contributed by atoms with Crippen LogP contribution in [-0.2, 0) is 26.2 Å². The third-order valence-corrected chi connectivity index (χ3v) is 8.40. The van der Waals surface area contributed by atoms with E-state index in [1.807, 2.05) is 38.1 Å². The van der Waals surface area contributed by atoms with E-state index in [0.717, 1.165) is 21.9 Å². The molecule has 208 valence electrons. The smallest absolute Gasteiger partial charge is 0.264 e. The lowest BCUT2D eigenvalue weighted by molar-refractivity contribution is -0.139. The van der Waals surface area contributed by atoms with E-state index in [1.165, 1.54) is 24.1 Å². The van der Waals surface area contributed by atoms with Crippen molar-refractivity contribution in [1.82, 2.24) is 10.2 Å². The molecule has 0 aliphatic heterocycles. The molecule has 0 radical (unpaired) electrons. The summed E-state index contributed by atoms with van der Waals surface area (Å²) in [6.07, 6.45) is 0.745. The molecule has 0 saturated heterocycles. The van der Waals surface area contributed by atoms with Crippen LogP contribution in [0.15, 0.2) is 77.7 Å². The van der Waals surface area contributed by atoms with Crippen LogP contribution in [0.1, 0.15) is 31.4 Å². The molecule has 0 bridgehead atoms. The first kappa shape index (κ1) is 30.0. The zero-order valence-corrected chi connectivity index (χ0v) is 24.1. The topological polar surface area (TPSA) is 96.0 Å². The summed E-state index contributed by atoms with van der Waals surface area (Å²) in [6, 6.07) is 18.9. The van der Waals surface area contributed by atoms with Crippen molar-refractivity contribution in [2.75, 3.05) is 24.5 Å². The Kier molecular flexibility index (Phi) is 10.4. The lowest BCUT2D eigenvalue weighted by Gasteiger charge is -2.32. The maximum atomic E-state index is 13.9. The lowest BCUT2D eigenvalue weighted by Crippen LogP contribution is -2.51. The van der Waals surface area contributed by atoms with Gasteiger partial charge < -0.3 is 15.0 Å². The number of aryl methyl sites for hydroxylation is 1. The van der Waals surface area contributed by atoms with Crippen LogP contribution in [0.2, 0.25) is 5.02 Å². The van der Waals surface area contributed by atoms with E-state index in [-0.39, 0.29) is 23.0 Å². The Hall–Kier alpha value is -3.56. The molecule has 0 aliphatic carbocycles. The van der Waals surface area contributed by atoms with E-state index in [4.69, 9.17) is 16.3 Å². The molecule has 0 saturated carbocycles. The number of rotatable bonds is 12. The minimum absolute atomic E-state index is 0.00904.